The Balaban J connectivity index is 1.29. The molecule has 0 nitrogen and oxygen atoms in total. The molecule has 0 amide bonds. The Morgan fingerprint density at radius 2 is 0.824 bits per heavy atom. The maximum atomic E-state index is 9.70. The van der Waals surface area contributed by atoms with E-state index in [0.29, 0.717) is 0 Å². The van der Waals surface area contributed by atoms with E-state index in [-0.39, 0.29) is 18.1 Å². The summed E-state index contributed by atoms with van der Waals surface area (Å²) in [5, 5.41) is 2.91. The zero-order valence-corrected chi connectivity index (χ0v) is 45.9. The van der Waals surface area contributed by atoms with Crippen molar-refractivity contribution >= 4 is 52.3 Å². The minimum absolute atomic E-state index is 0.232. The van der Waals surface area contributed by atoms with E-state index in [4.69, 9.17) is 0 Å². The average Bonchev–Trinajstić information content (AvgIpc) is 4.06. The van der Waals surface area contributed by atoms with Crippen LogP contribution in [-0.4, -0.2) is 9.52 Å². The van der Waals surface area contributed by atoms with E-state index in [2.05, 4.69) is 243 Å². The van der Waals surface area contributed by atoms with Gasteiger partial charge < -0.3 is 0 Å². The molecule has 0 saturated heterocycles. The third kappa shape index (κ3) is 7.07. The van der Waals surface area contributed by atoms with Crippen LogP contribution in [0, 0.1) is 24.7 Å². The average molecular weight is 1020 g/mol. The number of allylic oxidation sites excluding steroid dienone is 2. The first-order valence-corrected chi connectivity index (χ1v) is 36.2. The van der Waals surface area contributed by atoms with Crippen LogP contribution < -0.4 is 13.6 Å². The van der Waals surface area contributed by atoms with Crippen LogP contribution in [-0.2, 0) is 16.4 Å². The van der Waals surface area contributed by atoms with E-state index in [0.717, 1.165) is 0 Å². The summed E-state index contributed by atoms with van der Waals surface area (Å²) in [4.78, 5) is 0. The number of hydrogen-bond acceptors (Lipinski definition) is 0. The molecule has 2 aliphatic carbocycles. The molecule has 8 aromatic carbocycles. The summed E-state index contributed by atoms with van der Waals surface area (Å²) < 4.78 is 0.790. The molecule has 0 fully saturated rings. The number of fused-ring (bicyclic) bond motifs is 5. The molecule has 4 heteroatoms. The van der Waals surface area contributed by atoms with E-state index in [1.165, 1.54) is 114 Å². The Kier molecular flexibility index (Phi) is 11.0. The van der Waals surface area contributed by atoms with Gasteiger partial charge in [-0.2, -0.15) is 0 Å². The van der Waals surface area contributed by atoms with Gasteiger partial charge in [-0.05, 0) is 0 Å². The molecule has 1 heterocycles. The zero-order chi connectivity index (χ0) is 47.4. The van der Waals surface area contributed by atoms with E-state index in [1.807, 2.05) is 0 Å². The van der Waals surface area contributed by atoms with Gasteiger partial charge >= 0.3 is 418 Å². The molecule has 1 aliphatic heterocycles. The van der Waals surface area contributed by atoms with E-state index >= 15 is 0 Å². The summed E-state index contributed by atoms with van der Waals surface area (Å²) in [5.41, 5.74) is 22.2. The van der Waals surface area contributed by atoms with E-state index in [9.17, 15) is 17.0 Å². The van der Waals surface area contributed by atoms with Gasteiger partial charge in [-0.3, -0.25) is 0 Å². The van der Waals surface area contributed by atoms with Gasteiger partial charge in [0.05, 0.1) is 0 Å². The Bertz CT molecular complexity index is 3220. The number of aryl methyl sites for hydroxylation is 2. The van der Waals surface area contributed by atoms with Crippen LogP contribution in [0.25, 0.3) is 67.8 Å². The van der Waals surface area contributed by atoms with Crippen molar-refractivity contribution in [1.82, 2.24) is 0 Å². The summed E-state index contributed by atoms with van der Waals surface area (Å²) in [6.45, 7) is 18.8. The van der Waals surface area contributed by atoms with Crippen LogP contribution in [0.5, 0.6) is 0 Å². The van der Waals surface area contributed by atoms with Crippen LogP contribution in [0.1, 0.15) is 82.2 Å². The molecule has 0 bridgehead atoms. The second kappa shape index (κ2) is 16.5. The van der Waals surface area contributed by atoms with Gasteiger partial charge in [-0.1, -0.05) is 0 Å². The van der Waals surface area contributed by atoms with Crippen LogP contribution in [0.3, 0.4) is 0 Å². The summed E-state index contributed by atoms with van der Waals surface area (Å²) in [7, 11) is 18.4. The molecule has 0 N–H and O–H groups in total. The summed E-state index contributed by atoms with van der Waals surface area (Å²) >= 11 is -5.98. The first-order valence-electron chi connectivity index (χ1n) is 24.3. The van der Waals surface area contributed by atoms with Crippen molar-refractivity contribution in [3.05, 3.63) is 220 Å². The molecule has 0 saturated carbocycles. The van der Waals surface area contributed by atoms with Crippen LogP contribution >= 0.6 is 17.0 Å². The predicted octanol–water partition coefficient (Wildman–Crippen LogP) is 16.1. The molecular weight excluding hydrogens is 959 g/mol. The Hall–Kier alpha value is -5.08. The van der Waals surface area contributed by atoms with Crippen molar-refractivity contribution in [3.63, 3.8) is 0 Å². The van der Waals surface area contributed by atoms with Gasteiger partial charge in [0.15, 0.2) is 0 Å². The van der Waals surface area contributed by atoms with Crippen molar-refractivity contribution in [2.45, 2.75) is 62.6 Å². The molecule has 3 aliphatic rings. The van der Waals surface area contributed by atoms with E-state index < -0.39 is 25.9 Å². The number of benzene rings is 8. The van der Waals surface area contributed by atoms with Gasteiger partial charge in [-0.25, -0.2) is 0 Å². The molecule has 0 aromatic heterocycles. The standard InChI is InChI=1S/2C26H25.C12H9Si.2ClH.Zr/c2*1-18-10-8-9-13-22(18)25-23(19-11-6-5-7-12-19)15-14-20-16-21(17-24(20)25)26(2,3)4;1-3-7-11-9(5-1)10-6-2-4-8-12(10)13-11;;;/h2*5-17H,1-4H3;1-7H,13H2;2*1H;/q;;;;;+2/p-2. The molecule has 11 rings (SSSR count). The third-order valence-electron chi connectivity index (χ3n) is 15.6. The van der Waals surface area contributed by atoms with Crippen molar-refractivity contribution in [2.24, 2.45) is 10.8 Å². The Labute approximate surface area is 414 Å². The first kappa shape index (κ1) is 45.4. The normalized spacial score (nSPS) is 17.2. The second-order valence-corrected chi connectivity index (χ2v) is 44.2. The Morgan fingerprint density at radius 3 is 1.28 bits per heavy atom. The molecule has 337 valence electrons. The predicted molar refractivity (Wildman–Crippen MR) is 295 cm³/mol. The topological polar surface area (TPSA) is 0 Å². The van der Waals surface area contributed by atoms with Crippen LogP contribution in [0.2, 0.25) is 0 Å². The van der Waals surface area contributed by atoms with Crippen LogP contribution in [0.4, 0.5) is 0 Å². The first-order chi connectivity index (χ1) is 32.5. The van der Waals surface area contributed by atoms with Crippen molar-refractivity contribution < 1.29 is 16.4 Å². The minimum atomic E-state index is -5.98. The molecule has 68 heavy (non-hydrogen) atoms. The fourth-order valence-electron chi connectivity index (χ4n) is 12.4. The molecular formula is C64H59Cl2SiZr. The van der Waals surface area contributed by atoms with Crippen molar-refractivity contribution in [3.8, 4) is 55.6 Å². The fraction of sp³-hybridized carbons (Fsp3) is 0.188. The third-order valence-corrected chi connectivity index (χ3v) is 38.1. The quantitative estimate of drug-likeness (QED) is 0.140. The fourth-order valence-corrected chi connectivity index (χ4v) is 40.8. The summed E-state index contributed by atoms with van der Waals surface area (Å²) in [6, 6.07) is 65.4. The van der Waals surface area contributed by atoms with Gasteiger partial charge in [0.25, 0.3) is 0 Å². The van der Waals surface area contributed by atoms with Crippen molar-refractivity contribution in [2.75, 3.05) is 0 Å². The maximum absolute atomic E-state index is 9.70. The van der Waals surface area contributed by atoms with Gasteiger partial charge in [0.2, 0.25) is 0 Å². The Morgan fingerprint density at radius 1 is 0.412 bits per heavy atom. The van der Waals surface area contributed by atoms with E-state index in [1.54, 1.807) is 0 Å². The van der Waals surface area contributed by atoms with Crippen LogP contribution in [0.15, 0.2) is 187 Å². The van der Waals surface area contributed by atoms with Crippen molar-refractivity contribution in [1.29, 1.82) is 0 Å². The molecule has 2 unspecified atom stereocenters. The molecule has 2 atom stereocenters. The summed E-state index contributed by atoms with van der Waals surface area (Å²) in [5.74, 6) is 0. The number of hydrogen-bond donors (Lipinski definition) is 0. The molecule has 0 radical (unpaired) electrons. The monoisotopic (exact) mass is 1020 g/mol. The van der Waals surface area contributed by atoms with Gasteiger partial charge in [0, 0.05) is 0 Å². The van der Waals surface area contributed by atoms with Gasteiger partial charge in [-0.15, -0.1) is 0 Å². The zero-order valence-electron chi connectivity index (χ0n) is 40.5. The number of halogens is 2. The number of rotatable bonds is 7. The molecule has 8 aromatic rings. The summed E-state index contributed by atoms with van der Waals surface area (Å²) in [6.07, 6.45) is 5.10. The second-order valence-electron chi connectivity index (χ2n) is 21.7. The van der Waals surface area contributed by atoms with Gasteiger partial charge in [0.1, 0.15) is 0 Å². The molecule has 0 spiro atoms. The SMILES string of the molecule is Cc1ccccc1-c1c(-c2ccccc2)ccc2c1C=C(C(C)(C)C)[CH]2[Zr]([Cl])([Cl])([c]1cccc2c1[SiH2]c1ccccc1-2)[CH]1C(C(C)(C)C)=Cc2c1ccc(-c1ccccc1)c2-c1ccccc1C.